The fourth-order valence-corrected chi connectivity index (χ4v) is 4.08. The Kier molecular flexibility index (Phi) is 4.10. The fraction of sp³-hybridized carbons (Fsp3) is 0.615. The SMILES string of the molecule is CC(C)C1CCN(S(=O)(=O)c2cccnc2N)CC1. The number of hydrogen-bond donors (Lipinski definition) is 1. The van der Waals surface area contributed by atoms with Gasteiger partial charge in [-0.05, 0) is 36.8 Å². The molecule has 19 heavy (non-hydrogen) atoms. The summed E-state index contributed by atoms with van der Waals surface area (Å²) >= 11 is 0. The molecule has 5 nitrogen and oxygen atoms in total. The Morgan fingerprint density at radius 2 is 2.00 bits per heavy atom. The predicted molar refractivity (Wildman–Crippen MR) is 75.0 cm³/mol. The van der Waals surface area contributed by atoms with Crippen LogP contribution >= 0.6 is 0 Å². The molecule has 1 aromatic rings. The van der Waals surface area contributed by atoms with E-state index in [1.54, 1.807) is 6.07 Å². The third-order valence-electron chi connectivity index (χ3n) is 3.86. The third kappa shape index (κ3) is 2.90. The molecule has 0 aromatic carbocycles. The Balaban J connectivity index is 2.17. The highest BCUT2D eigenvalue weighted by Crippen LogP contribution is 2.29. The lowest BCUT2D eigenvalue weighted by Gasteiger charge is -2.33. The summed E-state index contributed by atoms with van der Waals surface area (Å²) in [7, 11) is -3.50. The van der Waals surface area contributed by atoms with Gasteiger partial charge in [0.1, 0.15) is 10.7 Å². The highest BCUT2D eigenvalue weighted by molar-refractivity contribution is 7.89. The van der Waals surface area contributed by atoms with Crippen molar-refractivity contribution in [2.75, 3.05) is 18.8 Å². The molecule has 0 amide bonds. The Morgan fingerprint density at radius 3 is 2.53 bits per heavy atom. The van der Waals surface area contributed by atoms with Gasteiger partial charge in [0.15, 0.2) is 0 Å². The van der Waals surface area contributed by atoms with Crippen LogP contribution in [0.25, 0.3) is 0 Å². The minimum Gasteiger partial charge on any atom is -0.383 e. The third-order valence-corrected chi connectivity index (χ3v) is 5.80. The second-order valence-corrected chi connectivity index (χ2v) is 7.28. The van der Waals surface area contributed by atoms with Crippen LogP contribution in [0.3, 0.4) is 0 Å². The first kappa shape index (κ1) is 14.3. The van der Waals surface area contributed by atoms with Gasteiger partial charge in [-0.3, -0.25) is 0 Å². The minimum absolute atomic E-state index is 0.0773. The lowest BCUT2D eigenvalue weighted by molar-refractivity contribution is 0.226. The van der Waals surface area contributed by atoms with E-state index in [0.717, 1.165) is 12.8 Å². The van der Waals surface area contributed by atoms with E-state index in [9.17, 15) is 8.42 Å². The maximum absolute atomic E-state index is 12.5. The van der Waals surface area contributed by atoms with Crippen molar-refractivity contribution >= 4 is 15.8 Å². The van der Waals surface area contributed by atoms with Crippen LogP contribution in [-0.4, -0.2) is 30.8 Å². The summed E-state index contributed by atoms with van der Waals surface area (Å²) in [6.07, 6.45) is 3.33. The predicted octanol–water partition coefficient (Wildman–Crippen LogP) is 1.72. The molecule has 6 heteroatoms. The summed E-state index contributed by atoms with van der Waals surface area (Å²) in [6, 6.07) is 3.12. The van der Waals surface area contributed by atoms with Gasteiger partial charge in [-0.25, -0.2) is 13.4 Å². The minimum atomic E-state index is -3.50. The number of aromatic nitrogens is 1. The molecule has 1 saturated heterocycles. The van der Waals surface area contributed by atoms with Gasteiger partial charge in [0.2, 0.25) is 10.0 Å². The first-order chi connectivity index (χ1) is 8.93. The van der Waals surface area contributed by atoms with Gasteiger partial charge in [-0.2, -0.15) is 4.31 Å². The lowest BCUT2D eigenvalue weighted by atomic mass is 9.87. The number of nitrogens with two attached hydrogens (primary N) is 1. The fourth-order valence-electron chi connectivity index (χ4n) is 2.54. The normalized spacial score (nSPS) is 18.9. The van der Waals surface area contributed by atoms with Crippen molar-refractivity contribution in [1.82, 2.24) is 9.29 Å². The highest BCUT2D eigenvalue weighted by atomic mass is 32.2. The molecule has 2 heterocycles. The topological polar surface area (TPSA) is 76.3 Å². The number of nitrogen functional groups attached to an aromatic ring is 1. The molecular formula is C13H21N3O2S. The number of anilines is 1. The van der Waals surface area contributed by atoms with Crippen LogP contribution in [0.15, 0.2) is 23.2 Å². The molecule has 0 atom stereocenters. The number of nitrogens with zero attached hydrogens (tertiary/aromatic N) is 2. The second kappa shape index (κ2) is 5.46. The first-order valence-electron chi connectivity index (χ1n) is 6.63. The van der Waals surface area contributed by atoms with Crippen molar-refractivity contribution in [2.45, 2.75) is 31.6 Å². The molecule has 0 unspecified atom stereocenters. The van der Waals surface area contributed by atoms with Crippen molar-refractivity contribution < 1.29 is 8.42 Å². The Morgan fingerprint density at radius 1 is 1.37 bits per heavy atom. The van der Waals surface area contributed by atoms with Crippen molar-refractivity contribution in [2.24, 2.45) is 11.8 Å². The molecule has 1 aliphatic heterocycles. The van der Waals surface area contributed by atoms with Gasteiger partial charge in [0.25, 0.3) is 0 Å². The summed E-state index contributed by atoms with van der Waals surface area (Å²) in [5.74, 6) is 1.29. The van der Waals surface area contributed by atoms with Gasteiger partial charge in [-0.1, -0.05) is 13.8 Å². The molecule has 1 fully saturated rings. The van der Waals surface area contributed by atoms with Gasteiger partial charge in [0, 0.05) is 19.3 Å². The molecule has 0 saturated carbocycles. The van der Waals surface area contributed by atoms with Crippen LogP contribution in [-0.2, 0) is 10.0 Å². The molecule has 0 spiro atoms. The van der Waals surface area contributed by atoms with Crippen molar-refractivity contribution in [1.29, 1.82) is 0 Å². The Hall–Kier alpha value is -1.14. The number of pyridine rings is 1. The number of rotatable bonds is 3. The molecule has 1 aliphatic rings. The van der Waals surface area contributed by atoms with Crippen molar-refractivity contribution in [3.63, 3.8) is 0 Å². The Bertz CT molecular complexity index is 535. The molecule has 106 valence electrons. The average molecular weight is 283 g/mol. The summed E-state index contributed by atoms with van der Waals surface area (Å²) in [5.41, 5.74) is 5.67. The summed E-state index contributed by atoms with van der Waals surface area (Å²) in [6.45, 7) is 5.51. The standard InChI is InChI=1S/C13H21N3O2S/c1-10(2)11-5-8-16(9-6-11)19(17,18)12-4-3-7-15-13(12)14/h3-4,7,10-11H,5-6,8-9H2,1-2H3,(H2,14,15). The molecule has 0 aliphatic carbocycles. The van der Waals surface area contributed by atoms with E-state index in [1.807, 2.05) is 0 Å². The average Bonchev–Trinajstić information content (AvgIpc) is 2.39. The number of piperidine rings is 1. The van der Waals surface area contributed by atoms with E-state index < -0.39 is 10.0 Å². The molecule has 2 rings (SSSR count). The van der Waals surface area contributed by atoms with Crippen LogP contribution in [0.5, 0.6) is 0 Å². The number of hydrogen-bond acceptors (Lipinski definition) is 4. The van der Waals surface area contributed by atoms with Crippen molar-refractivity contribution in [3.8, 4) is 0 Å². The zero-order valence-electron chi connectivity index (χ0n) is 11.4. The van der Waals surface area contributed by atoms with E-state index in [1.165, 1.54) is 16.6 Å². The van der Waals surface area contributed by atoms with E-state index in [2.05, 4.69) is 18.8 Å². The van der Waals surface area contributed by atoms with Gasteiger partial charge in [-0.15, -0.1) is 0 Å². The van der Waals surface area contributed by atoms with Crippen LogP contribution in [0.2, 0.25) is 0 Å². The van der Waals surface area contributed by atoms with E-state index in [-0.39, 0.29) is 10.7 Å². The largest absolute Gasteiger partial charge is 0.383 e. The maximum atomic E-state index is 12.5. The molecule has 1 aromatic heterocycles. The second-order valence-electron chi connectivity index (χ2n) is 5.37. The van der Waals surface area contributed by atoms with Crippen LogP contribution in [0.4, 0.5) is 5.82 Å². The molecule has 0 bridgehead atoms. The van der Waals surface area contributed by atoms with Crippen LogP contribution in [0, 0.1) is 11.8 Å². The van der Waals surface area contributed by atoms with Gasteiger partial charge < -0.3 is 5.73 Å². The lowest BCUT2D eigenvalue weighted by Crippen LogP contribution is -2.39. The van der Waals surface area contributed by atoms with E-state index >= 15 is 0 Å². The molecule has 2 N–H and O–H groups in total. The monoisotopic (exact) mass is 283 g/mol. The molecular weight excluding hydrogens is 262 g/mol. The zero-order valence-corrected chi connectivity index (χ0v) is 12.2. The Labute approximate surface area is 114 Å². The summed E-state index contributed by atoms with van der Waals surface area (Å²) < 4.78 is 26.5. The quantitative estimate of drug-likeness (QED) is 0.916. The van der Waals surface area contributed by atoms with Crippen LogP contribution in [0.1, 0.15) is 26.7 Å². The first-order valence-corrected chi connectivity index (χ1v) is 8.07. The van der Waals surface area contributed by atoms with Gasteiger partial charge >= 0.3 is 0 Å². The number of sulfonamides is 1. The highest BCUT2D eigenvalue weighted by Gasteiger charge is 2.31. The van der Waals surface area contributed by atoms with Gasteiger partial charge in [0.05, 0.1) is 0 Å². The summed E-state index contributed by atoms with van der Waals surface area (Å²) in [5, 5.41) is 0. The maximum Gasteiger partial charge on any atom is 0.246 e. The zero-order chi connectivity index (χ0) is 14.0. The summed E-state index contributed by atoms with van der Waals surface area (Å²) in [4.78, 5) is 3.98. The molecule has 0 radical (unpaired) electrons. The van der Waals surface area contributed by atoms with E-state index in [0.29, 0.717) is 24.9 Å². The van der Waals surface area contributed by atoms with Crippen LogP contribution < -0.4 is 5.73 Å². The van der Waals surface area contributed by atoms with Crippen molar-refractivity contribution in [3.05, 3.63) is 18.3 Å². The smallest absolute Gasteiger partial charge is 0.246 e. The van der Waals surface area contributed by atoms with E-state index in [4.69, 9.17) is 5.73 Å².